The maximum absolute atomic E-state index is 11.6. The van der Waals surface area contributed by atoms with E-state index in [4.69, 9.17) is 4.74 Å². The molecule has 0 aliphatic rings. The van der Waals surface area contributed by atoms with Gasteiger partial charge >= 0.3 is 5.97 Å². The van der Waals surface area contributed by atoms with E-state index in [1.54, 1.807) is 6.92 Å². The van der Waals surface area contributed by atoms with E-state index in [1.165, 1.54) is 0 Å². The Labute approximate surface area is 95.6 Å². The number of H-pyrrole nitrogens is 1. The first-order valence-electron chi connectivity index (χ1n) is 5.61. The van der Waals surface area contributed by atoms with Crippen molar-refractivity contribution >= 4 is 5.97 Å². The molecule has 1 heterocycles. The van der Waals surface area contributed by atoms with E-state index in [0.717, 1.165) is 12.8 Å². The zero-order valence-corrected chi connectivity index (χ0v) is 10.3. The number of hydrogen-bond acceptors (Lipinski definition) is 4. The molecule has 0 aromatic carbocycles. The van der Waals surface area contributed by atoms with Crippen molar-refractivity contribution in [3.8, 4) is 0 Å². The van der Waals surface area contributed by atoms with Gasteiger partial charge in [-0.3, -0.25) is 0 Å². The van der Waals surface area contributed by atoms with Crippen LogP contribution in [-0.4, -0.2) is 28.0 Å². The van der Waals surface area contributed by atoms with Gasteiger partial charge in [0.1, 0.15) is 5.69 Å². The summed E-state index contributed by atoms with van der Waals surface area (Å²) in [6.07, 6.45) is 1.98. The van der Waals surface area contributed by atoms with E-state index < -0.39 is 5.97 Å². The highest BCUT2D eigenvalue weighted by molar-refractivity contribution is 5.88. The maximum atomic E-state index is 11.6. The first-order valence-corrected chi connectivity index (χ1v) is 5.61. The number of esters is 1. The van der Waals surface area contributed by atoms with E-state index >= 15 is 0 Å². The number of nitrogens with one attached hydrogen (secondary N) is 1. The summed E-state index contributed by atoms with van der Waals surface area (Å²) in [5, 5.41) is 10.4. The molecular formula is C11H19N3O2. The molecule has 0 unspecified atom stereocenters. The van der Waals surface area contributed by atoms with Crippen LogP contribution in [0.2, 0.25) is 0 Å². The van der Waals surface area contributed by atoms with Gasteiger partial charge in [-0.2, -0.15) is 10.3 Å². The van der Waals surface area contributed by atoms with Gasteiger partial charge in [-0.25, -0.2) is 4.79 Å². The molecule has 0 saturated carbocycles. The predicted octanol–water partition coefficient (Wildman–Crippen LogP) is 2.06. The molecule has 16 heavy (non-hydrogen) atoms. The molecule has 0 radical (unpaired) electrons. The normalized spacial score (nSPS) is 11.5. The van der Waals surface area contributed by atoms with Crippen LogP contribution in [0.3, 0.4) is 0 Å². The van der Waals surface area contributed by atoms with E-state index in [2.05, 4.69) is 36.2 Å². The first-order chi connectivity index (χ1) is 7.53. The van der Waals surface area contributed by atoms with Gasteiger partial charge in [-0.05, 0) is 13.3 Å². The van der Waals surface area contributed by atoms with E-state index in [-0.39, 0.29) is 5.41 Å². The summed E-state index contributed by atoms with van der Waals surface area (Å²) in [6.45, 7) is 8.33. The third kappa shape index (κ3) is 2.59. The number of aromatic amines is 1. The van der Waals surface area contributed by atoms with Gasteiger partial charge in [0.15, 0.2) is 5.69 Å². The number of hydrogen-bond donors (Lipinski definition) is 1. The minimum Gasteiger partial charge on any atom is -0.461 e. The zero-order valence-electron chi connectivity index (χ0n) is 10.3. The van der Waals surface area contributed by atoms with Crippen molar-refractivity contribution in [1.82, 2.24) is 15.4 Å². The van der Waals surface area contributed by atoms with Gasteiger partial charge in [0.2, 0.25) is 0 Å². The molecule has 0 bridgehead atoms. The summed E-state index contributed by atoms with van der Waals surface area (Å²) in [7, 11) is 0. The highest BCUT2D eigenvalue weighted by Crippen LogP contribution is 2.28. The Hall–Kier alpha value is -1.39. The summed E-state index contributed by atoms with van der Waals surface area (Å²) >= 11 is 0. The van der Waals surface area contributed by atoms with Crippen molar-refractivity contribution in [3.63, 3.8) is 0 Å². The average Bonchev–Trinajstić information content (AvgIpc) is 2.66. The molecule has 0 aliphatic heterocycles. The SMILES string of the molecule is CCCC(C)(C)c1n[nH]nc1C(=O)OCC. The van der Waals surface area contributed by atoms with Gasteiger partial charge in [0.25, 0.3) is 0 Å². The molecule has 90 valence electrons. The lowest BCUT2D eigenvalue weighted by molar-refractivity contribution is 0.0516. The van der Waals surface area contributed by atoms with Gasteiger partial charge in [-0.1, -0.05) is 27.2 Å². The zero-order chi connectivity index (χ0) is 12.2. The summed E-state index contributed by atoms with van der Waals surface area (Å²) in [5.74, 6) is -0.407. The molecule has 1 aromatic heterocycles. The van der Waals surface area contributed by atoms with Crippen LogP contribution < -0.4 is 0 Å². The second kappa shape index (κ2) is 5.09. The number of carbonyl (C=O) groups excluding carboxylic acids is 1. The van der Waals surface area contributed by atoms with Crippen molar-refractivity contribution in [1.29, 1.82) is 0 Å². The monoisotopic (exact) mass is 225 g/mol. The second-order valence-corrected chi connectivity index (χ2v) is 4.38. The quantitative estimate of drug-likeness (QED) is 0.779. The Morgan fingerprint density at radius 3 is 2.62 bits per heavy atom. The van der Waals surface area contributed by atoms with E-state index in [0.29, 0.717) is 18.0 Å². The average molecular weight is 225 g/mol. The Bertz CT molecular complexity index is 358. The summed E-state index contributed by atoms with van der Waals surface area (Å²) in [6, 6.07) is 0. The van der Waals surface area contributed by atoms with Crippen LogP contribution in [0.4, 0.5) is 0 Å². The Morgan fingerprint density at radius 1 is 1.38 bits per heavy atom. The van der Waals surface area contributed by atoms with Crippen LogP contribution in [0.5, 0.6) is 0 Å². The number of rotatable bonds is 5. The topological polar surface area (TPSA) is 67.9 Å². The lowest BCUT2D eigenvalue weighted by Crippen LogP contribution is -2.22. The lowest BCUT2D eigenvalue weighted by Gasteiger charge is -2.21. The highest BCUT2D eigenvalue weighted by Gasteiger charge is 2.30. The van der Waals surface area contributed by atoms with Gasteiger partial charge in [0.05, 0.1) is 6.61 Å². The standard InChI is InChI=1S/C11H19N3O2/c1-5-7-11(3,4)9-8(12-14-13-9)10(15)16-6-2/h5-7H2,1-4H3,(H,12,13,14). The van der Waals surface area contributed by atoms with E-state index in [1.807, 2.05) is 0 Å². The molecule has 0 spiro atoms. The van der Waals surface area contributed by atoms with Gasteiger partial charge < -0.3 is 4.74 Å². The van der Waals surface area contributed by atoms with Gasteiger partial charge in [0, 0.05) is 5.41 Å². The molecular weight excluding hydrogens is 206 g/mol. The van der Waals surface area contributed by atoms with Crippen LogP contribution in [0, 0.1) is 0 Å². The fourth-order valence-corrected chi connectivity index (χ4v) is 1.79. The molecule has 5 nitrogen and oxygen atoms in total. The molecule has 1 aromatic rings. The minimum absolute atomic E-state index is 0.163. The molecule has 0 atom stereocenters. The highest BCUT2D eigenvalue weighted by atomic mass is 16.5. The number of ether oxygens (including phenoxy) is 1. The molecule has 0 saturated heterocycles. The van der Waals surface area contributed by atoms with E-state index in [9.17, 15) is 4.79 Å². The lowest BCUT2D eigenvalue weighted by atomic mass is 9.83. The van der Waals surface area contributed by atoms with Crippen LogP contribution in [0.1, 0.15) is 56.7 Å². The third-order valence-corrected chi connectivity index (χ3v) is 2.53. The maximum Gasteiger partial charge on any atom is 0.360 e. The van der Waals surface area contributed by atoms with Crippen LogP contribution >= 0.6 is 0 Å². The summed E-state index contributed by atoms with van der Waals surface area (Å²) < 4.78 is 4.94. The smallest absolute Gasteiger partial charge is 0.360 e. The molecule has 0 fully saturated rings. The number of aromatic nitrogens is 3. The van der Waals surface area contributed by atoms with Gasteiger partial charge in [-0.15, -0.1) is 5.10 Å². The first kappa shape index (κ1) is 12.7. The van der Waals surface area contributed by atoms with Crippen molar-refractivity contribution in [2.75, 3.05) is 6.61 Å². The largest absolute Gasteiger partial charge is 0.461 e. The molecule has 1 N–H and O–H groups in total. The second-order valence-electron chi connectivity index (χ2n) is 4.38. The van der Waals surface area contributed by atoms with Crippen LogP contribution in [-0.2, 0) is 10.2 Å². The number of carbonyl (C=O) groups is 1. The van der Waals surface area contributed by atoms with Crippen molar-refractivity contribution in [3.05, 3.63) is 11.4 Å². The molecule has 1 rings (SSSR count). The van der Waals surface area contributed by atoms with Crippen molar-refractivity contribution in [2.24, 2.45) is 0 Å². The summed E-state index contributed by atoms with van der Waals surface area (Å²) in [4.78, 5) is 11.6. The van der Waals surface area contributed by atoms with Crippen molar-refractivity contribution < 1.29 is 9.53 Å². The Morgan fingerprint density at radius 2 is 2.06 bits per heavy atom. The third-order valence-electron chi connectivity index (χ3n) is 2.53. The fourth-order valence-electron chi connectivity index (χ4n) is 1.79. The number of nitrogens with zero attached hydrogens (tertiary/aromatic N) is 2. The minimum atomic E-state index is -0.407. The predicted molar refractivity (Wildman–Crippen MR) is 60.3 cm³/mol. The van der Waals surface area contributed by atoms with Crippen LogP contribution in [0.25, 0.3) is 0 Å². The summed E-state index contributed by atoms with van der Waals surface area (Å²) in [5.41, 5.74) is 0.831. The molecule has 0 aliphatic carbocycles. The Kier molecular flexibility index (Phi) is 4.04. The molecule has 5 heteroatoms. The fraction of sp³-hybridized carbons (Fsp3) is 0.727. The Balaban J connectivity index is 2.97. The van der Waals surface area contributed by atoms with Crippen LogP contribution in [0.15, 0.2) is 0 Å². The molecule has 0 amide bonds. The van der Waals surface area contributed by atoms with Crippen molar-refractivity contribution in [2.45, 2.75) is 46.0 Å².